The summed E-state index contributed by atoms with van der Waals surface area (Å²) in [5.41, 5.74) is 1.85. The Kier molecular flexibility index (Phi) is 4.07. The van der Waals surface area contributed by atoms with Gasteiger partial charge in [0.15, 0.2) is 0 Å². The first-order chi connectivity index (χ1) is 10.5. The average Bonchev–Trinajstić information content (AvgIpc) is 3.12. The topological polar surface area (TPSA) is 58.4 Å². The molecule has 1 saturated carbocycles. The largest absolute Gasteiger partial charge is 0.361 e. The van der Waals surface area contributed by atoms with E-state index in [4.69, 9.17) is 16.1 Å². The number of halogens is 1. The van der Waals surface area contributed by atoms with Gasteiger partial charge in [-0.25, -0.2) is 4.79 Å². The van der Waals surface area contributed by atoms with Crippen LogP contribution >= 0.6 is 11.6 Å². The van der Waals surface area contributed by atoms with E-state index in [-0.39, 0.29) is 12.1 Å². The third kappa shape index (κ3) is 3.25. The number of benzene rings is 1. The Morgan fingerprint density at radius 2 is 2.27 bits per heavy atom. The minimum Gasteiger partial charge on any atom is -0.361 e. The van der Waals surface area contributed by atoms with Crippen molar-refractivity contribution in [1.29, 1.82) is 0 Å². The minimum atomic E-state index is -0.111. The predicted octanol–water partition coefficient (Wildman–Crippen LogP) is 3.33. The van der Waals surface area contributed by atoms with Crippen LogP contribution in [0.2, 0.25) is 5.02 Å². The molecule has 1 aromatic heterocycles. The van der Waals surface area contributed by atoms with Crippen LogP contribution in [0.5, 0.6) is 0 Å². The first-order valence-corrected chi connectivity index (χ1v) is 7.60. The summed E-state index contributed by atoms with van der Waals surface area (Å²) in [7, 11) is 1.74. The molecule has 2 atom stereocenters. The third-order valence-electron chi connectivity index (χ3n) is 3.83. The van der Waals surface area contributed by atoms with E-state index in [0.717, 1.165) is 28.5 Å². The quantitative estimate of drug-likeness (QED) is 0.940. The Morgan fingerprint density at radius 3 is 2.95 bits per heavy atom. The molecule has 1 aliphatic rings. The molecule has 0 bridgehead atoms. The summed E-state index contributed by atoms with van der Waals surface area (Å²) in [6, 6.07) is 9.64. The number of nitrogens with one attached hydrogen (secondary N) is 1. The molecule has 1 heterocycles. The van der Waals surface area contributed by atoms with Crippen LogP contribution in [-0.2, 0) is 6.54 Å². The van der Waals surface area contributed by atoms with E-state index in [9.17, 15) is 4.79 Å². The Balaban J connectivity index is 1.54. The summed E-state index contributed by atoms with van der Waals surface area (Å²) in [5.74, 6) is 1.05. The zero-order valence-electron chi connectivity index (χ0n) is 12.5. The molecule has 0 unspecified atom stereocenters. The first kappa shape index (κ1) is 14.9. The van der Waals surface area contributed by atoms with Crippen LogP contribution in [0.1, 0.15) is 29.4 Å². The first-order valence-electron chi connectivity index (χ1n) is 7.23. The van der Waals surface area contributed by atoms with Crippen molar-refractivity contribution in [3.05, 3.63) is 52.4 Å². The lowest BCUT2D eigenvalue weighted by atomic mass is 10.1. The van der Waals surface area contributed by atoms with Crippen LogP contribution in [0.3, 0.4) is 0 Å². The summed E-state index contributed by atoms with van der Waals surface area (Å²) in [6.07, 6.45) is 0.923. The molecule has 0 aliphatic heterocycles. The molecule has 0 spiro atoms. The Hall–Kier alpha value is -2.01. The standard InChI is InChI=1S/C16H18ClN3O2/c1-10-7-11(19-22-10)9-20(2)16(21)18-15-8-13(15)12-5-3-4-6-14(12)17/h3-7,13,15H,8-9H2,1-2H3,(H,18,21)/t13-,15+/m1/s1. The van der Waals surface area contributed by atoms with E-state index in [1.807, 2.05) is 37.3 Å². The molecule has 1 fully saturated rings. The second-order valence-electron chi connectivity index (χ2n) is 5.70. The number of urea groups is 1. The SMILES string of the molecule is Cc1cc(CN(C)C(=O)N[C@H]2C[C@@H]2c2ccccc2Cl)no1. The summed E-state index contributed by atoms with van der Waals surface area (Å²) in [5, 5.41) is 7.68. The van der Waals surface area contributed by atoms with Gasteiger partial charge in [0.1, 0.15) is 11.5 Å². The van der Waals surface area contributed by atoms with Crippen LogP contribution in [0, 0.1) is 6.92 Å². The van der Waals surface area contributed by atoms with Gasteiger partial charge < -0.3 is 14.7 Å². The molecule has 0 radical (unpaired) electrons. The smallest absolute Gasteiger partial charge is 0.317 e. The molecule has 0 saturated heterocycles. The van der Waals surface area contributed by atoms with Gasteiger partial charge in [0.05, 0.1) is 6.54 Å². The van der Waals surface area contributed by atoms with Crippen molar-refractivity contribution in [2.45, 2.75) is 31.8 Å². The second kappa shape index (κ2) is 6.01. The van der Waals surface area contributed by atoms with Gasteiger partial charge in [-0.15, -0.1) is 0 Å². The zero-order valence-corrected chi connectivity index (χ0v) is 13.3. The molecular weight excluding hydrogens is 302 g/mol. The molecule has 1 N–H and O–H groups in total. The molecule has 1 aromatic carbocycles. The van der Waals surface area contributed by atoms with Crippen molar-refractivity contribution in [3.8, 4) is 0 Å². The second-order valence-corrected chi connectivity index (χ2v) is 6.11. The van der Waals surface area contributed by atoms with E-state index < -0.39 is 0 Å². The number of rotatable bonds is 4. The number of amides is 2. The number of hydrogen-bond acceptors (Lipinski definition) is 3. The van der Waals surface area contributed by atoms with Gasteiger partial charge in [0.25, 0.3) is 0 Å². The Bertz CT molecular complexity index is 686. The van der Waals surface area contributed by atoms with Crippen molar-refractivity contribution in [1.82, 2.24) is 15.4 Å². The molecule has 1 aliphatic carbocycles. The van der Waals surface area contributed by atoms with E-state index in [0.29, 0.717) is 12.5 Å². The van der Waals surface area contributed by atoms with Gasteiger partial charge in [-0.2, -0.15) is 0 Å². The highest BCUT2D eigenvalue weighted by atomic mass is 35.5. The van der Waals surface area contributed by atoms with Gasteiger partial charge in [-0.3, -0.25) is 0 Å². The van der Waals surface area contributed by atoms with Gasteiger partial charge >= 0.3 is 6.03 Å². The van der Waals surface area contributed by atoms with Gasteiger partial charge in [-0.1, -0.05) is 35.0 Å². The lowest BCUT2D eigenvalue weighted by molar-refractivity contribution is 0.205. The van der Waals surface area contributed by atoms with E-state index in [1.165, 1.54) is 0 Å². The van der Waals surface area contributed by atoms with Crippen LogP contribution in [0.25, 0.3) is 0 Å². The van der Waals surface area contributed by atoms with Crippen molar-refractivity contribution < 1.29 is 9.32 Å². The summed E-state index contributed by atoms with van der Waals surface area (Å²) >= 11 is 6.19. The van der Waals surface area contributed by atoms with Crippen molar-refractivity contribution in [2.24, 2.45) is 0 Å². The zero-order chi connectivity index (χ0) is 15.7. The lowest BCUT2D eigenvalue weighted by Crippen LogP contribution is -2.38. The highest BCUT2D eigenvalue weighted by Crippen LogP contribution is 2.43. The van der Waals surface area contributed by atoms with E-state index in [2.05, 4.69) is 10.5 Å². The minimum absolute atomic E-state index is 0.111. The van der Waals surface area contributed by atoms with Crippen molar-refractivity contribution >= 4 is 17.6 Å². The molecule has 22 heavy (non-hydrogen) atoms. The highest BCUT2D eigenvalue weighted by molar-refractivity contribution is 6.31. The molecule has 5 nitrogen and oxygen atoms in total. The van der Waals surface area contributed by atoms with Crippen LogP contribution in [0.15, 0.2) is 34.9 Å². The van der Waals surface area contributed by atoms with Gasteiger partial charge in [0, 0.05) is 30.1 Å². The van der Waals surface area contributed by atoms with Crippen molar-refractivity contribution in [2.75, 3.05) is 7.05 Å². The van der Waals surface area contributed by atoms with Crippen LogP contribution < -0.4 is 5.32 Å². The monoisotopic (exact) mass is 319 g/mol. The molecule has 3 rings (SSSR count). The van der Waals surface area contributed by atoms with Crippen molar-refractivity contribution in [3.63, 3.8) is 0 Å². The summed E-state index contributed by atoms with van der Waals surface area (Å²) in [4.78, 5) is 13.8. The molecule has 2 amide bonds. The Morgan fingerprint density at radius 1 is 1.50 bits per heavy atom. The number of aryl methyl sites for hydroxylation is 1. The predicted molar refractivity (Wildman–Crippen MR) is 83.8 cm³/mol. The molecule has 2 aromatic rings. The number of hydrogen-bond donors (Lipinski definition) is 1. The fraction of sp³-hybridized carbons (Fsp3) is 0.375. The molecular formula is C16H18ClN3O2. The maximum Gasteiger partial charge on any atom is 0.317 e. The maximum absolute atomic E-state index is 12.2. The summed E-state index contributed by atoms with van der Waals surface area (Å²) in [6.45, 7) is 2.25. The number of nitrogens with zero attached hydrogens (tertiary/aromatic N) is 2. The fourth-order valence-corrected chi connectivity index (χ4v) is 2.83. The van der Waals surface area contributed by atoms with E-state index >= 15 is 0 Å². The number of carbonyl (C=O) groups excluding carboxylic acids is 1. The molecule has 116 valence electrons. The molecule has 6 heteroatoms. The average molecular weight is 320 g/mol. The maximum atomic E-state index is 12.2. The normalized spacial score (nSPS) is 19.8. The summed E-state index contributed by atoms with van der Waals surface area (Å²) < 4.78 is 5.00. The lowest BCUT2D eigenvalue weighted by Gasteiger charge is -2.16. The van der Waals surface area contributed by atoms with Crippen LogP contribution in [0.4, 0.5) is 4.79 Å². The number of aromatic nitrogens is 1. The van der Waals surface area contributed by atoms with Gasteiger partial charge in [-0.05, 0) is 25.0 Å². The third-order valence-corrected chi connectivity index (χ3v) is 4.17. The Labute approximate surface area is 134 Å². The van der Waals surface area contributed by atoms with Gasteiger partial charge in [0.2, 0.25) is 0 Å². The number of carbonyl (C=O) groups is 1. The van der Waals surface area contributed by atoms with E-state index in [1.54, 1.807) is 11.9 Å². The highest BCUT2D eigenvalue weighted by Gasteiger charge is 2.41. The van der Waals surface area contributed by atoms with Crippen LogP contribution in [-0.4, -0.2) is 29.2 Å². The fourth-order valence-electron chi connectivity index (χ4n) is 2.55.